The molecule has 0 aliphatic carbocycles. The summed E-state index contributed by atoms with van der Waals surface area (Å²) in [6.07, 6.45) is 1.67. The van der Waals surface area contributed by atoms with Crippen LogP contribution in [0.3, 0.4) is 0 Å². The second-order valence-corrected chi connectivity index (χ2v) is 6.52. The molecule has 6 heteroatoms. The minimum atomic E-state index is -1.20. The third-order valence-corrected chi connectivity index (χ3v) is 4.67. The van der Waals surface area contributed by atoms with Gasteiger partial charge < -0.3 is 9.73 Å². The minimum absolute atomic E-state index is 0.200. The van der Waals surface area contributed by atoms with E-state index in [1.54, 1.807) is 30.5 Å². The summed E-state index contributed by atoms with van der Waals surface area (Å²) in [6, 6.07) is 17.9. The van der Waals surface area contributed by atoms with E-state index < -0.39 is 10.8 Å². The first kappa shape index (κ1) is 16.1. The van der Waals surface area contributed by atoms with E-state index in [1.165, 1.54) is 0 Å². The number of nitrogens with one attached hydrogen (secondary N) is 1. The van der Waals surface area contributed by atoms with Crippen LogP contribution in [0.2, 0.25) is 0 Å². The van der Waals surface area contributed by atoms with Crippen LogP contribution in [0.1, 0.15) is 22.0 Å². The highest BCUT2D eigenvalue weighted by Crippen LogP contribution is 2.15. The second kappa shape index (κ2) is 7.70. The molecule has 0 aliphatic heterocycles. The molecule has 1 atom stereocenters. The molecule has 5 nitrogen and oxygen atoms in total. The second-order valence-electron chi connectivity index (χ2n) is 5.07. The predicted octanol–water partition coefficient (Wildman–Crippen LogP) is 2.91. The van der Waals surface area contributed by atoms with Crippen molar-refractivity contribution >= 4 is 16.7 Å². The molecule has 3 aromatic rings. The largest absolute Gasteiger partial charge is 0.455 e. The lowest BCUT2D eigenvalue weighted by molar-refractivity contribution is 0.0921. The van der Waals surface area contributed by atoms with Crippen LogP contribution >= 0.6 is 0 Å². The molecule has 0 bridgehead atoms. The van der Waals surface area contributed by atoms with Gasteiger partial charge in [0, 0.05) is 11.1 Å². The Balaban J connectivity index is 1.58. The predicted molar refractivity (Wildman–Crippen MR) is 90.7 cm³/mol. The molecule has 2 heterocycles. The maximum absolute atomic E-state index is 12.2. The number of carbonyl (C=O) groups excluding carboxylic acids is 1. The molecule has 0 radical (unpaired) electrons. The fraction of sp³-hybridized carbons (Fsp3) is 0.111. The van der Waals surface area contributed by atoms with Gasteiger partial charge in [0.25, 0.3) is 5.91 Å². The first-order valence-electron chi connectivity index (χ1n) is 7.42. The normalized spacial score (nSPS) is 11.8. The summed E-state index contributed by atoms with van der Waals surface area (Å²) < 4.78 is 17.7. The van der Waals surface area contributed by atoms with Crippen molar-refractivity contribution in [2.45, 2.75) is 17.2 Å². The third-order valence-electron chi connectivity index (χ3n) is 3.32. The zero-order chi connectivity index (χ0) is 16.8. The number of aromatic nitrogens is 1. The Bertz CT molecular complexity index is 832. The van der Waals surface area contributed by atoms with Gasteiger partial charge in [-0.25, -0.2) is 0 Å². The van der Waals surface area contributed by atoms with Crippen molar-refractivity contribution < 1.29 is 13.4 Å². The number of rotatable bonds is 6. The standard InChI is InChI=1S/C18H16N2O3S/c21-18(20-12-14-6-4-5-11-19-14)17-10-9-15(23-17)13-24(22)16-7-2-1-3-8-16/h1-11H,12-13H2,(H,20,21)/t24-/m1/s1. The van der Waals surface area contributed by atoms with Crippen LogP contribution < -0.4 is 5.32 Å². The van der Waals surface area contributed by atoms with E-state index in [4.69, 9.17) is 4.42 Å². The van der Waals surface area contributed by atoms with Crippen LogP contribution in [-0.2, 0) is 23.1 Å². The van der Waals surface area contributed by atoms with Crippen molar-refractivity contribution in [2.75, 3.05) is 0 Å². The van der Waals surface area contributed by atoms with Gasteiger partial charge in [0.05, 0.1) is 28.8 Å². The first-order valence-corrected chi connectivity index (χ1v) is 8.74. The van der Waals surface area contributed by atoms with Gasteiger partial charge in [-0.15, -0.1) is 0 Å². The summed E-state index contributed by atoms with van der Waals surface area (Å²) in [5.41, 5.74) is 0.766. The molecule has 0 aliphatic rings. The Morgan fingerprint density at radius 1 is 1.04 bits per heavy atom. The van der Waals surface area contributed by atoms with Gasteiger partial charge >= 0.3 is 0 Å². The van der Waals surface area contributed by atoms with Crippen LogP contribution in [0.4, 0.5) is 0 Å². The van der Waals surface area contributed by atoms with Crippen LogP contribution in [-0.4, -0.2) is 15.1 Å². The van der Waals surface area contributed by atoms with E-state index in [1.807, 2.05) is 36.4 Å². The number of benzene rings is 1. The summed E-state index contributed by atoms with van der Waals surface area (Å²) in [7, 11) is -1.20. The van der Waals surface area contributed by atoms with Crippen LogP contribution in [0, 0.1) is 0 Å². The van der Waals surface area contributed by atoms with Crippen molar-refractivity contribution in [1.82, 2.24) is 10.3 Å². The maximum atomic E-state index is 12.2. The maximum Gasteiger partial charge on any atom is 0.287 e. The number of pyridine rings is 1. The van der Waals surface area contributed by atoms with Gasteiger partial charge in [0.15, 0.2) is 5.76 Å². The number of amides is 1. The van der Waals surface area contributed by atoms with E-state index in [0.717, 1.165) is 10.6 Å². The number of carbonyl (C=O) groups is 1. The molecule has 122 valence electrons. The number of hydrogen-bond donors (Lipinski definition) is 1. The van der Waals surface area contributed by atoms with Gasteiger partial charge in [0.2, 0.25) is 0 Å². The lowest BCUT2D eigenvalue weighted by atomic mass is 10.3. The van der Waals surface area contributed by atoms with Gasteiger partial charge in [0.1, 0.15) is 5.76 Å². The highest BCUT2D eigenvalue weighted by Gasteiger charge is 2.13. The Morgan fingerprint density at radius 3 is 2.58 bits per heavy atom. The summed E-state index contributed by atoms with van der Waals surface area (Å²) in [4.78, 5) is 16.9. The van der Waals surface area contributed by atoms with Crippen molar-refractivity contribution in [3.8, 4) is 0 Å². The van der Waals surface area contributed by atoms with Gasteiger partial charge in [-0.05, 0) is 36.4 Å². The van der Waals surface area contributed by atoms with E-state index >= 15 is 0 Å². The zero-order valence-corrected chi connectivity index (χ0v) is 13.7. The molecule has 1 amide bonds. The number of hydrogen-bond acceptors (Lipinski definition) is 4. The molecule has 1 N–H and O–H groups in total. The smallest absolute Gasteiger partial charge is 0.287 e. The summed E-state index contributed by atoms with van der Waals surface area (Å²) >= 11 is 0. The lowest BCUT2D eigenvalue weighted by Crippen LogP contribution is -2.22. The summed E-state index contributed by atoms with van der Waals surface area (Å²) in [5.74, 6) is 0.626. The average Bonchev–Trinajstić information content (AvgIpc) is 3.10. The van der Waals surface area contributed by atoms with Crippen molar-refractivity contribution in [3.63, 3.8) is 0 Å². The molecule has 0 unspecified atom stereocenters. The SMILES string of the molecule is O=C(NCc1ccccn1)c1ccc(C[S@@](=O)c2ccccc2)o1. The molecular formula is C18H16N2O3S. The van der Waals surface area contributed by atoms with Gasteiger partial charge in [-0.3, -0.25) is 14.0 Å². The van der Waals surface area contributed by atoms with Crippen LogP contribution in [0.25, 0.3) is 0 Å². The van der Waals surface area contributed by atoms with Gasteiger partial charge in [-0.1, -0.05) is 24.3 Å². The highest BCUT2D eigenvalue weighted by atomic mass is 32.2. The van der Waals surface area contributed by atoms with Crippen molar-refractivity contribution in [2.24, 2.45) is 0 Å². The van der Waals surface area contributed by atoms with Gasteiger partial charge in [-0.2, -0.15) is 0 Å². The lowest BCUT2D eigenvalue weighted by Gasteiger charge is -2.02. The van der Waals surface area contributed by atoms with E-state index in [-0.39, 0.29) is 17.4 Å². The summed E-state index contributed by atoms with van der Waals surface area (Å²) in [5, 5.41) is 2.74. The number of nitrogens with zero attached hydrogens (tertiary/aromatic N) is 1. The molecule has 2 aromatic heterocycles. The topological polar surface area (TPSA) is 72.2 Å². The third kappa shape index (κ3) is 4.17. The quantitative estimate of drug-likeness (QED) is 0.749. The monoisotopic (exact) mass is 340 g/mol. The highest BCUT2D eigenvalue weighted by molar-refractivity contribution is 7.84. The van der Waals surface area contributed by atoms with E-state index in [0.29, 0.717) is 12.3 Å². The van der Waals surface area contributed by atoms with Crippen LogP contribution in [0.15, 0.2) is 76.2 Å². The molecule has 0 fully saturated rings. The van der Waals surface area contributed by atoms with Crippen molar-refractivity contribution in [1.29, 1.82) is 0 Å². The molecule has 0 spiro atoms. The minimum Gasteiger partial charge on any atom is -0.455 e. The molecule has 0 saturated heterocycles. The molecular weight excluding hydrogens is 324 g/mol. The van der Waals surface area contributed by atoms with E-state index in [2.05, 4.69) is 10.3 Å². The van der Waals surface area contributed by atoms with Crippen molar-refractivity contribution in [3.05, 3.63) is 84.1 Å². The number of furan rings is 1. The molecule has 3 rings (SSSR count). The average molecular weight is 340 g/mol. The Kier molecular flexibility index (Phi) is 5.18. The van der Waals surface area contributed by atoms with Crippen LogP contribution in [0.5, 0.6) is 0 Å². The summed E-state index contributed by atoms with van der Waals surface area (Å²) in [6.45, 7) is 0.325. The zero-order valence-electron chi connectivity index (χ0n) is 12.8. The Labute approximate surface area is 142 Å². The fourth-order valence-electron chi connectivity index (χ4n) is 2.12. The first-order chi connectivity index (χ1) is 11.7. The fourth-order valence-corrected chi connectivity index (χ4v) is 3.16. The molecule has 0 saturated carbocycles. The Morgan fingerprint density at radius 2 is 1.83 bits per heavy atom. The van der Waals surface area contributed by atoms with E-state index in [9.17, 15) is 9.00 Å². The molecule has 24 heavy (non-hydrogen) atoms. The molecule has 1 aromatic carbocycles. The Hall–Kier alpha value is -2.73.